The Kier molecular flexibility index (Phi) is 8.31. The van der Waals surface area contributed by atoms with Crippen LogP contribution in [0.1, 0.15) is 23.9 Å². The fourth-order valence-corrected chi connectivity index (χ4v) is 6.18. The highest BCUT2D eigenvalue weighted by Gasteiger charge is 2.16. The Morgan fingerprint density at radius 3 is 2.38 bits per heavy atom. The lowest BCUT2D eigenvalue weighted by atomic mass is 10.2. The van der Waals surface area contributed by atoms with E-state index < -0.39 is 10.8 Å². The number of nitrogens with zero attached hydrogens (tertiary/aromatic N) is 3. The van der Waals surface area contributed by atoms with Gasteiger partial charge in [-0.15, -0.1) is 10.2 Å². The molecule has 0 radical (unpaired) electrons. The summed E-state index contributed by atoms with van der Waals surface area (Å²) in [6.45, 7) is 2.66. The molecule has 4 nitrogen and oxygen atoms in total. The van der Waals surface area contributed by atoms with E-state index in [1.807, 2.05) is 29.7 Å². The highest BCUT2D eigenvalue weighted by atomic mass is 35.5. The van der Waals surface area contributed by atoms with Gasteiger partial charge in [0.1, 0.15) is 5.82 Å². The van der Waals surface area contributed by atoms with Crippen LogP contribution < -0.4 is 0 Å². The van der Waals surface area contributed by atoms with Gasteiger partial charge in [-0.05, 0) is 42.3 Å². The second-order valence-electron chi connectivity index (χ2n) is 6.10. The predicted octanol–water partition coefficient (Wildman–Crippen LogP) is 6.65. The quantitative estimate of drug-likeness (QED) is 0.319. The maximum Gasteiger partial charge on any atom is 0.191 e. The van der Waals surface area contributed by atoms with E-state index in [1.165, 1.54) is 11.8 Å². The Balaban J connectivity index is 1.69. The average molecular weight is 509 g/mol. The Labute approximate surface area is 196 Å². The van der Waals surface area contributed by atoms with Crippen molar-refractivity contribution in [1.82, 2.24) is 14.8 Å². The molecule has 0 aliphatic heterocycles. The van der Waals surface area contributed by atoms with E-state index in [4.69, 9.17) is 46.4 Å². The standard InChI is InChI=1S/C19H17Cl4N3OS2/c1-2-26-18(11-29(27)10-12-6-7-13(20)8-17(12)23)24-25-19(26)28-9-14-15(21)4-3-5-16(14)22/h3-8H,2,9-11H2,1H3/t29-/m1/s1. The molecule has 0 saturated carbocycles. The lowest BCUT2D eigenvalue weighted by molar-refractivity contribution is 0.650. The van der Waals surface area contributed by atoms with Crippen molar-refractivity contribution in [3.63, 3.8) is 0 Å². The summed E-state index contributed by atoms with van der Waals surface area (Å²) in [5.74, 6) is 1.85. The van der Waals surface area contributed by atoms with E-state index in [-0.39, 0.29) is 5.75 Å². The van der Waals surface area contributed by atoms with Gasteiger partial charge in [0.25, 0.3) is 0 Å². The van der Waals surface area contributed by atoms with Crippen LogP contribution in [-0.4, -0.2) is 19.0 Å². The van der Waals surface area contributed by atoms with Gasteiger partial charge >= 0.3 is 0 Å². The Morgan fingerprint density at radius 2 is 1.72 bits per heavy atom. The highest BCUT2D eigenvalue weighted by molar-refractivity contribution is 7.98. The lowest BCUT2D eigenvalue weighted by Gasteiger charge is -2.09. The minimum absolute atomic E-state index is 0.285. The largest absolute Gasteiger partial charge is 0.306 e. The maximum atomic E-state index is 12.7. The molecule has 154 valence electrons. The molecule has 0 saturated heterocycles. The van der Waals surface area contributed by atoms with Crippen molar-refractivity contribution < 1.29 is 4.21 Å². The number of hydrogen-bond acceptors (Lipinski definition) is 4. The molecule has 0 amide bonds. The zero-order valence-corrected chi connectivity index (χ0v) is 20.0. The minimum atomic E-state index is -1.19. The number of aromatic nitrogens is 3. The topological polar surface area (TPSA) is 47.8 Å². The monoisotopic (exact) mass is 507 g/mol. The lowest BCUT2D eigenvalue weighted by Crippen LogP contribution is -2.08. The molecule has 0 N–H and O–H groups in total. The van der Waals surface area contributed by atoms with E-state index in [0.29, 0.717) is 44.0 Å². The van der Waals surface area contributed by atoms with Gasteiger partial charge in [0.15, 0.2) is 5.16 Å². The van der Waals surface area contributed by atoms with Crippen molar-refractivity contribution in [2.45, 2.75) is 35.9 Å². The predicted molar refractivity (Wildman–Crippen MR) is 124 cm³/mol. The van der Waals surface area contributed by atoms with Gasteiger partial charge < -0.3 is 4.57 Å². The fraction of sp³-hybridized carbons (Fsp3) is 0.263. The minimum Gasteiger partial charge on any atom is -0.306 e. The van der Waals surface area contributed by atoms with Crippen molar-refractivity contribution in [1.29, 1.82) is 0 Å². The van der Waals surface area contributed by atoms with E-state index >= 15 is 0 Å². The molecule has 0 fully saturated rings. The number of halogens is 4. The van der Waals surface area contributed by atoms with Gasteiger partial charge in [-0.25, -0.2) is 0 Å². The molecule has 0 aliphatic rings. The second kappa shape index (κ2) is 10.5. The molecule has 3 aromatic rings. The van der Waals surface area contributed by atoms with Crippen LogP contribution in [0, 0.1) is 0 Å². The summed E-state index contributed by atoms with van der Waals surface area (Å²) in [6, 6.07) is 10.6. The van der Waals surface area contributed by atoms with Crippen LogP contribution in [0.15, 0.2) is 41.6 Å². The first kappa shape index (κ1) is 22.9. The normalized spacial score (nSPS) is 12.3. The molecule has 1 atom stereocenters. The van der Waals surface area contributed by atoms with Crippen molar-refractivity contribution in [2.24, 2.45) is 0 Å². The zero-order chi connectivity index (χ0) is 21.0. The molecular weight excluding hydrogens is 492 g/mol. The molecule has 0 unspecified atom stereocenters. The Hall–Kier alpha value is -0.760. The van der Waals surface area contributed by atoms with Gasteiger partial charge in [0.05, 0.1) is 11.5 Å². The van der Waals surface area contributed by atoms with E-state index in [0.717, 1.165) is 16.3 Å². The van der Waals surface area contributed by atoms with Crippen molar-refractivity contribution in [3.05, 3.63) is 73.4 Å². The SMILES string of the molecule is CCn1c(C[S@](=O)Cc2ccc(Cl)cc2Cl)nnc1SCc1c(Cl)cccc1Cl. The van der Waals surface area contributed by atoms with Gasteiger partial charge in [-0.1, -0.05) is 70.3 Å². The molecule has 0 spiro atoms. The third-order valence-corrected chi connectivity index (χ3v) is 7.64. The molecule has 3 rings (SSSR count). The van der Waals surface area contributed by atoms with E-state index in [1.54, 1.807) is 18.2 Å². The molecule has 1 heterocycles. The summed E-state index contributed by atoms with van der Waals surface area (Å²) in [4.78, 5) is 0. The summed E-state index contributed by atoms with van der Waals surface area (Å²) < 4.78 is 14.6. The van der Waals surface area contributed by atoms with Crippen LogP contribution >= 0.6 is 58.2 Å². The van der Waals surface area contributed by atoms with Crippen LogP contribution in [0.2, 0.25) is 20.1 Å². The van der Waals surface area contributed by atoms with Crippen molar-refractivity contribution in [2.75, 3.05) is 0 Å². The second-order valence-corrected chi connectivity index (χ2v) is 10.2. The molecule has 0 aliphatic carbocycles. The van der Waals surface area contributed by atoms with Crippen LogP contribution in [0.4, 0.5) is 0 Å². The molecule has 10 heteroatoms. The smallest absolute Gasteiger partial charge is 0.191 e. The van der Waals surface area contributed by atoms with Crippen molar-refractivity contribution >= 4 is 69.0 Å². The molecular formula is C19H17Cl4N3OS2. The summed E-state index contributed by atoms with van der Waals surface area (Å²) in [7, 11) is -1.19. The summed E-state index contributed by atoms with van der Waals surface area (Å²) in [5, 5.41) is 11.5. The number of benzene rings is 2. The van der Waals surface area contributed by atoms with Gasteiger partial charge in [0.2, 0.25) is 0 Å². The zero-order valence-electron chi connectivity index (χ0n) is 15.4. The van der Waals surface area contributed by atoms with Crippen molar-refractivity contribution in [3.8, 4) is 0 Å². The van der Waals surface area contributed by atoms with Crippen LogP contribution in [0.25, 0.3) is 0 Å². The number of rotatable bonds is 8. The molecule has 29 heavy (non-hydrogen) atoms. The van der Waals surface area contributed by atoms with Gasteiger partial charge in [0, 0.05) is 43.2 Å². The molecule has 1 aromatic heterocycles. The van der Waals surface area contributed by atoms with Crippen LogP contribution in [-0.2, 0) is 34.6 Å². The third-order valence-electron chi connectivity index (χ3n) is 4.14. The molecule has 0 bridgehead atoms. The highest BCUT2D eigenvalue weighted by Crippen LogP contribution is 2.31. The Bertz CT molecular complexity index is 1020. The summed E-state index contributed by atoms with van der Waals surface area (Å²) >= 11 is 26.1. The average Bonchev–Trinajstić information content (AvgIpc) is 3.05. The third kappa shape index (κ3) is 5.90. The number of hydrogen-bond donors (Lipinski definition) is 0. The van der Waals surface area contributed by atoms with E-state index in [9.17, 15) is 4.21 Å². The fourth-order valence-electron chi connectivity index (χ4n) is 2.66. The van der Waals surface area contributed by atoms with Crippen LogP contribution in [0.3, 0.4) is 0 Å². The van der Waals surface area contributed by atoms with Crippen LogP contribution in [0.5, 0.6) is 0 Å². The van der Waals surface area contributed by atoms with E-state index in [2.05, 4.69) is 10.2 Å². The van der Waals surface area contributed by atoms with Gasteiger partial charge in [-0.3, -0.25) is 4.21 Å². The molecule has 2 aromatic carbocycles. The Morgan fingerprint density at radius 1 is 1.00 bits per heavy atom. The number of thioether (sulfide) groups is 1. The summed E-state index contributed by atoms with van der Waals surface area (Å²) in [5.41, 5.74) is 1.65. The maximum absolute atomic E-state index is 12.7. The van der Waals surface area contributed by atoms with Gasteiger partial charge in [-0.2, -0.15) is 0 Å². The first-order chi connectivity index (χ1) is 13.9. The first-order valence-corrected chi connectivity index (χ1v) is 12.6. The first-order valence-electron chi connectivity index (χ1n) is 8.65. The summed E-state index contributed by atoms with van der Waals surface area (Å²) in [6.07, 6.45) is 0.